The molecule has 17 heavy (non-hydrogen) atoms. The number of rotatable bonds is 5. The molecule has 1 aliphatic rings. The van der Waals surface area contributed by atoms with Crippen LogP contribution in [0.4, 0.5) is 0 Å². The Balaban J connectivity index is 2.28. The Labute approximate surface area is 105 Å². The van der Waals surface area contributed by atoms with E-state index in [0.29, 0.717) is 24.9 Å². The number of esters is 1. The first-order chi connectivity index (χ1) is 7.99. The molecular formula is C15H24O2. The minimum atomic E-state index is -0.108. The summed E-state index contributed by atoms with van der Waals surface area (Å²) in [6.07, 6.45) is 6.10. The van der Waals surface area contributed by atoms with E-state index in [0.717, 1.165) is 24.8 Å². The van der Waals surface area contributed by atoms with Crippen molar-refractivity contribution in [2.24, 2.45) is 11.8 Å². The van der Waals surface area contributed by atoms with Crippen molar-refractivity contribution in [3.63, 3.8) is 0 Å². The van der Waals surface area contributed by atoms with E-state index >= 15 is 0 Å². The van der Waals surface area contributed by atoms with Crippen LogP contribution in [-0.2, 0) is 9.53 Å². The van der Waals surface area contributed by atoms with Gasteiger partial charge in [-0.05, 0) is 43.6 Å². The average Bonchev–Trinajstić information content (AvgIpc) is 2.26. The predicted octanol–water partition coefficient (Wildman–Crippen LogP) is 3.88. The Bertz CT molecular complexity index is 313. The molecule has 0 saturated carbocycles. The zero-order chi connectivity index (χ0) is 12.8. The quantitative estimate of drug-likeness (QED) is 0.535. The smallest absolute Gasteiger partial charge is 0.306 e. The summed E-state index contributed by atoms with van der Waals surface area (Å²) in [7, 11) is 0. The second-order valence-corrected chi connectivity index (χ2v) is 5.44. The summed E-state index contributed by atoms with van der Waals surface area (Å²) in [5, 5.41) is 0. The molecule has 2 nitrogen and oxygen atoms in total. The maximum absolute atomic E-state index is 11.4. The van der Waals surface area contributed by atoms with Gasteiger partial charge in [0.05, 0.1) is 0 Å². The molecule has 96 valence electrons. The molecule has 0 aromatic rings. The molecule has 0 aromatic carbocycles. The van der Waals surface area contributed by atoms with Gasteiger partial charge >= 0.3 is 5.97 Å². The lowest BCUT2D eigenvalue weighted by molar-refractivity contribution is -0.143. The average molecular weight is 236 g/mol. The van der Waals surface area contributed by atoms with Crippen molar-refractivity contribution in [3.05, 3.63) is 23.8 Å². The number of hydrogen-bond acceptors (Lipinski definition) is 2. The fourth-order valence-corrected chi connectivity index (χ4v) is 2.02. The summed E-state index contributed by atoms with van der Waals surface area (Å²) in [6, 6.07) is 0. The standard InChI is InChI=1S/C15H24O2/c1-11(2)9-15(16)17-10-13(4)14-7-5-12(3)6-8-14/h5,11,14H,4,6-10H2,1-3H3. The maximum atomic E-state index is 11.4. The minimum Gasteiger partial charge on any atom is -0.461 e. The van der Waals surface area contributed by atoms with Crippen LogP contribution < -0.4 is 0 Å². The van der Waals surface area contributed by atoms with Gasteiger partial charge in [0.25, 0.3) is 0 Å². The SMILES string of the molecule is C=C(COC(=O)CC(C)C)C1CC=C(C)CC1. The van der Waals surface area contributed by atoms with Gasteiger partial charge in [0.2, 0.25) is 0 Å². The van der Waals surface area contributed by atoms with Crippen LogP contribution >= 0.6 is 0 Å². The van der Waals surface area contributed by atoms with Crippen LogP contribution in [0.3, 0.4) is 0 Å². The molecule has 0 saturated heterocycles. The third-order valence-corrected chi connectivity index (χ3v) is 3.21. The lowest BCUT2D eigenvalue weighted by Gasteiger charge is -2.22. The Kier molecular flexibility index (Phi) is 5.46. The summed E-state index contributed by atoms with van der Waals surface area (Å²) < 4.78 is 5.24. The topological polar surface area (TPSA) is 26.3 Å². The van der Waals surface area contributed by atoms with Crippen LogP contribution in [0.15, 0.2) is 23.8 Å². The monoisotopic (exact) mass is 236 g/mol. The number of ether oxygens (including phenoxy) is 1. The highest BCUT2D eigenvalue weighted by Crippen LogP contribution is 2.28. The molecule has 1 atom stereocenters. The molecule has 0 fully saturated rings. The van der Waals surface area contributed by atoms with Crippen molar-refractivity contribution >= 4 is 5.97 Å². The van der Waals surface area contributed by atoms with Gasteiger partial charge in [0.1, 0.15) is 6.61 Å². The second-order valence-electron chi connectivity index (χ2n) is 5.44. The first kappa shape index (κ1) is 14.0. The van der Waals surface area contributed by atoms with E-state index in [1.807, 2.05) is 13.8 Å². The third kappa shape index (κ3) is 5.20. The van der Waals surface area contributed by atoms with Crippen LogP contribution in [0, 0.1) is 11.8 Å². The first-order valence-corrected chi connectivity index (χ1v) is 6.48. The molecular weight excluding hydrogens is 212 g/mol. The Morgan fingerprint density at radius 1 is 1.59 bits per heavy atom. The van der Waals surface area contributed by atoms with E-state index in [9.17, 15) is 4.79 Å². The van der Waals surface area contributed by atoms with Gasteiger partial charge < -0.3 is 4.74 Å². The third-order valence-electron chi connectivity index (χ3n) is 3.21. The molecule has 0 heterocycles. The molecule has 0 spiro atoms. The maximum Gasteiger partial charge on any atom is 0.306 e. The van der Waals surface area contributed by atoms with Crippen molar-refractivity contribution in [2.75, 3.05) is 6.61 Å². The van der Waals surface area contributed by atoms with Gasteiger partial charge in [0, 0.05) is 6.42 Å². The molecule has 2 heteroatoms. The highest BCUT2D eigenvalue weighted by atomic mass is 16.5. The van der Waals surface area contributed by atoms with Crippen LogP contribution in [0.2, 0.25) is 0 Å². The number of hydrogen-bond donors (Lipinski definition) is 0. The van der Waals surface area contributed by atoms with Gasteiger partial charge in [-0.25, -0.2) is 0 Å². The highest BCUT2D eigenvalue weighted by Gasteiger charge is 2.17. The summed E-state index contributed by atoms with van der Waals surface area (Å²) >= 11 is 0. The zero-order valence-electron chi connectivity index (χ0n) is 11.3. The van der Waals surface area contributed by atoms with Gasteiger partial charge in [-0.1, -0.05) is 32.1 Å². The van der Waals surface area contributed by atoms with Crippen molar-refractivity contribution < 1.29 is 9.53 Å². The molecule has 0 radical (unpaired) electrons. The molecule has 0 bridgehead atoms. The Hall–Kier alpha value is -1.05. The first-order valence-electron chi connectivity index (χ1n) is 6.48. The molecule has 0 aliphatic heterocycles. The van der Waals surface area contributed by atoms with Gasteiger partial charge in [-0.15, -0.1) is 0 Å². The summed E-state index contributed by atoms with van der Waals surface area (Å²) in [5.74, 6) is 0.741. The van der Waals surface area contributed by atoms with Crippen LogP contribution in [-0.4, -0.2) is 12.6 Å². The second kappa shape index (κ2) is 6.63. The number of carbonyl (C=O) groups excluding carboxylic acids is 1. The largest absolute Gasteiger partial charge is 0.461 e. The highest BCUT2D eigenvalue weighted by molar-refractivity contribution is 5.69. The lowest BCUT2D eigenvalue weighted by Crippen LogP contribution is -2.15. The zero-order valence-corrected chi connectivity index (χ0v) is 11.3. The fraction of sp³-hybridized carbons (Fsp3) is 0.667. The molecule has 0 aromatic heterocycles. The Morgan fingerprint density at radius 2 is 2.29 bits per heavy atom. The van der Waals surface area contributed by atoms with E-state index in [1.165, 1.54) is 5.57 Å². The van der Waals surface area contributed by atoms with Gasteiger partial charge in [-0.3, -0.25) is 4.79 Å². The van der Waals surface area contributed by atoms with Crippen LogP contribution in [0.25, 0.3) is 0 Å². The lowest BCUT2D eigenvalue weighted by atomic mass is 9.86. The van der Waals surface area contributed by atoms with Crippen LogP contribution in [0.5, 0.6) is 0 Å². The summed E-state index contributed by atoms with van der Waals surface area (Å²) in [5.41, 5.74) is 2.52. The normalized spacial score (nSPS) is 20.0. The minimum absolute atomic E-state index is 0.108. The fourth-order valence-electron chi connectivity index (χ4n) is 2.02. The van der Waals surface area contributed by atoms with Crippen molar-refractivity contribution in [3.8, 4) is 0 Å². The summed E-state index contributed by atoms with van der Waals surface area (Å²) in [4.78, 5) is 11.4. The van der Waals surface area contributed by atoms with Gasteiger partial charge in [0.15, 0.2) is 0 Å². The molecule has 1 rings (SSSR count). The van der Waals surface area contributed by atoms with E-state index in [2.05, 4.69) is 19.6 Å². The molecule has 0 N–H and O–H groups in total. The Morgan fingerprint density at radius 3 is 2.82 bits per heavy atom. The van der Waals surface area contributed by atoms with Crippen molar-refractivity contribution in [1.29, 1.82) is 0 Å². The summed E-state index contributed by atoms with van der Waals surface area (Å²) in [6.45, 7) is 10.6. The van der Waals surface area contributed by atoms with E-state index in [1.54, 1.807) is 0 Å². The van der Waals surface area contributed by atoms with E-state index in [4.69, 9.17) is 4.74 Å². The van der Waals surface area contributed by atoms with E-state index in [-0.39, 0.29) is 5.97 Å². The number of allylic oxidation sites excluding steroid dienone is 2. The van der Waals surface area contributed by atoms with E-state index < -0.39 is 0 Å². The molecule has 0 amide bonds. The van der Waals surface area contributed by atoms with Crippen molar-refractivity contribution in [1.82, 2.24) is 0 Å². The van der Waals surface area contributed by atoms with Gasteiger partial charge in [-0.2, -0.15) is 0 Å². The molecule has 1 unspecified atom stereocenters. The van der Waals surface area contributed by atoms with Crippen LogP contribution in [0.1, 0.15) is 46.5 Å². The predicted molar refractivity (Wildman–Crippen MR) is 70.7 cm³/mol. The number of carbonyl (C=O) groups is 1. The van der Waals surface area contributed by atoms with Crippen molar-refractivity contribution in [2.45, 2.75) is 46.5 Å². The molecule has 1 aliphatic carbocycles.